The highest BCUT2D eigenvalue weighted by atomic mass is 16.6. The topological polar surface area (TPSA) is 74.4 Å². The predicted octanol–water partition coefficient (Wildman–Crippen LogP) is 0.855. The highest BCUT2D eigenvalue weighted by molar-refractivity contribution is 5.87. The van der Waals surface area contributed by atoms with Gasteiger partial charge >= 0.3 is 5.97 Å². The molecule has 1 atom stereocenters. The summed E-state index contributed by atoms with van der Waals surface area (Å²) in [5.41, 5.74) is 6.19. The number of hydrogen-bond acceptors (Lipinski definition) is 5. The van der Waals surface area contributed by atoms with Crippen LogP contribution in [0.15, 0.2) is 18.3 Å². The number of esters is 1. The zero-order valence-corrected chi connectivity index (χ0v) is 8.77. The summed E-state index contributed by atoms with van der Waals surface area (Å²) in [4.78, 5) is 15.2. The van der Waals surface area contributed by atoms with Crippen LogP contribution in [0.25, 0.3) is 0 Å². The van der Waals surface area contributed by atoms with Gasteiger partial charge in [-0.2, -0.15) is 0 Å². The lowest BCUT2D eigenvalue weighted by Crippen LogP contribution is -2.18. The molecule has 0 spiro atoms. The highest BCUT2D eigenvalue weighted by Crippen LogP contribution is 2.03. The van der Waals surface area contributed by atoms with Crippen LogP contribution in [0.4, 0.5) is 5.69 Å². The van der Waals surface area contributed by atoms with Crippen LogP contribution in [0.2, 0.25) is 0 Å². The molecule has 0 bridgehead atoms. The van der Waals surface area contributed by atoms with Gasteiger partial charge in [0.05, 0.1) is 18.0 Å². The fraction of sp³-hybridized carbons (Fsp3) is 0.400. The van der Waals surface area contributed by atoms with Gasteiger partial charge in [0.15, 0.2) is 0 Å². The Morgan fingerprint density at radius 2 is 2.33 bits per heavy atom. The Bertz CT molecular complexity index is 324. The van der Waals surface area contributed by atoms with Gasteiger partial charge in [0.2, 0.25) is 0 Å². The molecule has 15 heavy (non-hydrogen) atoms. The van der Waals surface area contributed by atoms with Crippen LogP contribution in [0, 0.1) is 0 Å². The van der Waals surface area contributed by atoms with Crippen LogP contribution in [0.3, 0.4) is 0 Å². The van der Waals surface area contributed by atoms with E-state index in [0.29, 0.717) is 5.69 Å². The Labute approximate surface area is 88.2 Å². The first kappa shape index (κ1) is 11.5. The van der Waals surface area contributed by atoms with Crippen LogP contribution in [0.5, 0.6) is 0 Å². The molecule has 0 aliphatic rings. The number of carbonyl (C=O) groups is 1. The van der Waals surface area contributed by atoms with Crippen LogP contribution in [-0.2, 0) is 9.47 Å². The van der Waals surface area contributed by atoms with E-state index in [1.54, 1.807) is 13.2 Å². The largest absolute Gasteiger partial charge is 0.458 e. The Balaban J connectivity index is 2.50. The van der Waals surface area contributed by atoms with E-state index in [-0.39, 0.29) is 18.4 Å². The molecule has 2 N–H and O–H groups in total. The molecular formula is C10H14N2O3. The molecule has 0 aliphatic carbocycles. The molecule has 82 valence electrons. The van der Waals surface area contributed by atoms with Gasteiger partial charge in [0, 0.05) is 7.11 Å². The zero-order valence-electron chi connectivity index (χ0n) is 8.77. The van der Waals surface area contributed by atoms with E-state index in [1.807, 2.05) is 6.92 Å². The third-order valence-corrected chi connectivity index (χ3v) is 1.85. The number of pyridine rings is 1. The number of aromatic nitrogens is 1. The minimum atomic E-state index is -0.473. The van der Waals surface area contributed by atoms with Gasteiger partial charge in [0.1, 0.15) is 12.3 Å². The smallest absolute Gasteiger partial charge is 0.357 e. The van der Waals surface area contributed by atoms with E-state index in [2.05, 4.69) is 4.98 Å². The van der Waals surface area contributed by atoms with E-state index in [4.69, 9.17) is 15.2 Å². The molecule has 0 aliphatic heterocycles. The van der Waals surface area contributed by atoms with Crippen molar-refractivity contribution in [3.8, 4) is 0 Å². The summed E-state index contributed by atoms with van der Waals surface area (Å²) in [6.07, 6.45) is 1.29. The molecule has 1 unspecified atom stereocenters. The average Bonchev–Trinajstić information content (AvgIpc) is 2.26. The average molecular weight is 210 g/mol. The van der Waals surface area contributed by atoms with Crippen molar-refractivity contribution in [1.29, 1.82) is 0 Å². The van der Waals surface area contributed by atoms with Gasteiger partial charge in [-0.25, -0.2) is 9.78 Å². The fourth-order valence-corrected chi connectivity index (χ4v) is 0.861. The van der Waals surface area contributed by atoms with E-state index >= 15 is 0 Å². The summed E-state index contributed by atoms with van der Waals surface area (Å²) in [5, 5.41) is 0. The van der Waals surface area contributed by atoms with Crippen molar-refractivity contribution in [2.75, 3.05) is 19.5 Å². The minimum Gasteiger partial charge on any atom is -0.458 e. The van der Waals surface area contributed by atoms with Crippen LogP contribution >= 0.6 is 0 Å². The lowest BCUT2D eigenvalue weighted by Gasteiger charge is -2.09. The van der Waals surface area contributed by atoms with Gasteiger partial charge in [-0.15, -0.1) is 0 Å². The van der Waals surface area contributed by atoms with Crippen molar-refractivity contribution < 1.29 is 14.3 Å². The standard InChI is InChI=1S/C10H14N2O3/c1-7(14-2)6-15-10(13)9-4-3-8(11)5-12-9/h3-5,7H,6,11H2,1-2H3. The molecular weight excluding hydrogens is 196 g/mol. The van der Waals surface area contributed by atoms with E-state index in [9.17, 15) is 4.79 Å². The number of hydrogen-bond donors (Lipinski definition) is 1. The molecule has 5 heteroatoms. The molecule has 0 saturated carbocycles. The van der Waals surface area contributed by atoms with Crippen molar-refractivity contribution >= 4 is 11.7 Å². The third kappa shape index (κ3) is 3.55. The van der Waals surface area contributed by atoms with Gasteiger partial charge < -0.3 is 15.2 Å². The first-order valence-corrected chi connectivity index (χ1v) is 4.55. The lowest BCUT2D eigenvalue weighted by atomic mass is 10.3. The second-order valence-corrected chi connectivity index (χ2v) is 3.12. The monoisotopic (exact) mass is 210 g/mol. The number of nitrogens with zero attached hydrogens (tertiary/aromatic N) is 1. The maximum Gasteiger partial charge on any atom is 0.357 e. The molecule has 1 rings (SSSR count). The third-order valence-electron chi connectivity index (χ3n) is 1.85. The maximum atomic E-state index is 11.4. The molecule has 5 nitrogen and oxygen atoms in total. The van der Waals surface area contributed by atoms with Gasteiger partial charge in [-0.1, -0.05) is 0 Å². The summed E-state index contributed by atoms with van der Waals surface area (Å²) >= 11 is 0. The fourth-order valence-electron chi connectivity index (χ4n) is 0.861. The van der Waals surface area contributed by atoms with Gasteiger partial charge in [-0.3, -0.25) is 0 Å². The second kappa shape index (κ2) is 5.31. The first-order chi connectivity index (χ1) is 7.13. The van der Waals surface area contributed by atoms with Crippen LogP contribution in [-0.4, -0.2) is 30.8 Å². The summed E-state index contributed by atoms with van der Waals surface area (Å²) in [5.74, 6) is -0.473. The molecule has 0 fully saturated rings. The van der Waals surface area contributed by atoms with Gasteiger partial charge in [0.25, 0.3) is 0 Å². The molecule has 1 heterocycles. The molecule has 0 saturated heterocycles. The quantitative estimate of drug-likeness (QED) is 0.746. The number of carbonyl (C=O) groups excluding carboxylic acids is 1. The summed E-state index contributed by atoms with van der Waals surface area (Å²) in [7, 11) is 1.56. The summed E-state index contributed by atoms with van der Waals surface area (Å²) < 4.78 is 9.89. The number of methoxy groups -OCH3 is 1. The van der Waals surface area contributed by atoms with E-state index < -0.39 is 5.97 Å². The maximum absolute atomic E-state index is 11.4. The zero-order chi connectivity index (χ0) is 11.3. The second-order valence-electron chi connectivity index (χ2n) is 3.12. The molecule has 1 aromatic rings. The molecule has 0 aromatic carbocycles. The number of nitrogen functional groups attached to an aromatic ring is 1. The molecule has 1 aromatic heterocycles. The Kier molecular flexibility index (Phi) is 4.05. The minimum absolute atomic E-state index is 0.122. The van der Waals surface area contributed by atoms with Crippen molar-refractivity contribution in [2.45, 2.75) is 13.0 Å². The molecule has 0 radical (unpaired) electrons. The first-order valence-electron chi connectivity index (χ1n) is 4.55. The summed E-state index contributed by atoms with van der Waals surface area (Å²) in [6.45, 7) is 2.02. The van der Waals surface area contributed by atoms with Crippen LogP contribution < -0.4 is 5.73 Å². The molecule has 0 amide bonds. The Morgan fingerprint density at radius 1 is 1.60 bits per heavy atom. The van der Waals surface area contributed by atoms with Crippen LogP contribution in [0.1, 0.15) is 17.4 Å². The number of rotatable bonds is 4. The Morgan fingerprint density at radius 3 is 2.87 bits per heavy atom. The van der Waals surface area contributed by atoms with Crippen molar-refractivity contribution in [3.05, 3.63) is 24.0 Å². The lowest BCUT2D eigenvalue weighted by molar-refractivity contribution is 0.0164. The van der Waals surface area contributed by atoms with Crippen molar-refractivity contribution in [2.24, 2.45) is 0 Å². The number of ether oxygens (including phenoxy) is 2. The predicted molar refractivity (Wildman–Crippen MR) is 55.4 cm³/mol. The van der Waals surface area contributed by atoms with E-state index in [1.165, 1.54) is 12.3 Å². The number of anilines is 1. The number of nitrogens with two attached hydrogens (primary N) is 1. The van der Waals surface area contributed by atoms with Gasteiger partial charge in [-0.05, 0) is 19.1 Å². The Hall–Kier alpha value is -1.62. The van der Waals surface area contributed by atoms with Crippen molar-refractivity contribution in [1.82, 2.24) is 4.98 Å². The normalized spacial score (nSPS) is 12.1. The highest BCUT2D eigenvalue weighted by Gasteiger charge is 2.10. The SMILES string of the molecule is COC(C)COC(=O)c1ccc(N)cn1. The van der Waals surface area contributed by atoms with Crippen molar-refractivity contribution in [3.63, 3.8) is 0 Å². The summed E-state index contributed by atoms with van der Waals surface area (Å²) in [6, 6.07) is 3.12. The van der Waals surface area contributed by atoms with E-state index in [0.717, 1.165) is 0 Å².